The highest BCUT2D eigenvalue weighted by atomic mass is 19.1. The molecule has 1 aliphatic heterocycles. The lowest BCUT2D eigenvalue weighted by Crippen LogP contribution is -2.32. The molecule has 6 heteroatoms. The van der Waals surface area contributed by atoms with Gasteiger partial charge in [-0.25, -0.2) is 4.39 Å². The number of amides is 2. The molecule has 0 radical (unpaired) electrons. The molecular weight excluding hydrogens is 333 g/mol. The minimum Gasteiger partial charge on any atom is -0.372 e. The van der Waals surface area contributed by atoms with Gasteiger partial charge in [-0.05, 0) is 61.2 Å². The van der Waals surface area contributed by atoms with Gasteiger partial charge in [0.05, 0.1) is 0 Å². The number of piperidine rings is 1. The molecule has 0 atom stereocenters. The molecule has 5 nitrogen and oxygen atoms in total. The van der Waals surface area contributed by atoms with E-state index in [-0.39, 0.29) is 5.69 Å². The summed E-state index contributed by atoms with van der Waals surface area (Å²) in [7, 11) is 0. The van der Waals surface area contributed by atoms with E-state index in [9.17, 15) is 14.0 Å². The third kappa shape index (κ3) is 4.59. The molecule has 2 aromatic carbocycles. The van der Waals surface area contributed by atoms with E-state index in [0.29, 0.717) is 5.69 Å². The molecule has 26 heavy (non-hydrogen) atoms. The van der Waals surface area contributed by atoms with Gasteiger partial charge in [0.25, 0.3) is 0 Å². The van der Waals surface area contributed by atoms with E-state index in [1.807, 2.05) is 12.1 Å². The predicted octanol–water partition coefficient (Wildman–Crippen LogP) is 3.64. The number of rotatable bonds is 3. The van der Waals surface area contributed by atoms with Crippen molar-refractivity contribution in [3.05, 3.63) is 54.3 Å². The summed E-state index contributed by atoms with van der Waals surface area (Å²) in [6.07, 6.45) is 2.36. The number of halogens is 1. The largest absolute Gasteiger partial charge is 0.372 e. The normalized spacial score (nSPS) is 14.8. The molecule has 3 rings (SSSR count). The van der Waals surface area contributed by atoms with Crippen molar-refractivity contribution in [2.45, 2.75) is 19.8 Å². The van der Waals surface area contributed by atoms with Crippen LogP contribution in [0, 0.1) is 11.7 Å². The van der Waals surface area contributed by atoms with Crippen LogP contribution < -0.4 is 15.5 Å². The Balaban J connectivity index is 1.56. The van der Waals surface area contributed by atoms with Gasteiger partial charge in [0, 0.05) is 30.2 Å². The van der Waals surface area contributed by atoms with E-state index in [0.717, 1.165) is 30.8 Å². The monoisotopic (exact) mass is 355 g/mol. The molecule has 0 aromatic heterocycles. The van der Waals surface area contributed by atoms with E-state index >= 15 is 0 Å². The van der Waals surface area contributed by atoms with Crippen LogP contribution in [0.3, 0.4) is 0 Å². The zero-order valence-electron chi connectivity index (χ0n) is 14.7. The van der Waals surface area contributed by atoms with Crippen LogP contribution in [0.1, 0.15) is 19.8 Å². The average Bonchev–Trinajstić information content (AvgIpc) is 2.63. The molecule has 1 aliphatic rings. The Morgan fingerprint density at radius 2 is 1.58 bits per heavy atom. The van der Waals surface area contributed by atoms with Gasteiger partial charge in [0.15, 0.2) is 0 Å². The van der Waals surface area contributed by atoms with Crippen LogP contribution in [0.5, 0.6) is 0 Å². The fourth-order valence-corrected chi connectivity index (χ4v) is 2.96. The molecule has 0 aliphatic carbocycles. The van der Waals surface area contributed by atoms with Crippen molar-refractivity contribution in [1.82, 2.24) is 0 Å². The second-order valence-electron chi connectivity index (χ2n) is 6.64. The lowest BCUT2D eigenvalue weighted by atomic mass is 9.99. The Kier molecular flexibility index (Phi) is 5.51. The van der Waals surface area contributed by atoms with Crippen molar-refractivity contribution in [1.29, 1.82) is 0 Å². The van der Waals surface area contributed by atoms with Gasteiger partial charge in [-0.1, -0.05) is 13.0 Å². The van der Waals surface area contributed by atoms with Gasteiger partial charge in [-0.2, -0.15) is 0 Å². The standard InChI is InChI=1S/C20H22FN3O2/c1-14-9-11-24(12-10-14)18-7-5-16(6-8-18)22-19(25)20(26)23-17-4-2-3-15(21)13-17/h2-8,13-14H,9-12H2,1H3,(H,22,25)(H,23,26). The van der Waals surface area contributed by atoms with Crippen LogP contribution in [0.15, 0.2) is 48.5 Å². The highest BCUT2D eigenvalue weighted by Crippen LogP contribution is 2.24. The summed E-state index contributed by atoms with van der Waals surface area (Å²) in [5, 5.41) is 4.92. The maximum atomic E-state index is 13.1. The van der Waals surface area contributed by atoms with Crippen molar-refractivity contribution >= 4 is 28.9 Å². The molecule has 1 heterocycles. The van der Waals surface area contributed by atoms with Crippen molar-refractivity contribution in [2.24, 2.45) is 5.92 Å². The molecule has 0 spiro atoms. The summed E-state index contributed by atoms with van der Waals surface area (Å²) in [5.74, 6) is -1.36. The number of nitrogens with one attached hydrogen (secondary N) is 2. The van der Waals surface area contributed by atoms with Gasteiger partial charge in [0.1, 0.15) is 5.82 Å². The Hall–Kier alpha value is -2.89. The Bertz CT molecular complexity index is 784. The number of hydrogen-bond donors (Lipinski definition) is 2. The molecule has 1 saturated heterocycles. The van der Waals surface area contributed by atoms with E-state index in [4.69, 9.17) is 0 Å². The Labute approximate surface area is 152 Å². The lowest BCUT2D eigenvalue weighted by molar-refractivity contribution is -0.133. The third-order valence-corrected chi connectivity index (χ3v) is 4.56. The van der Waals surface area contributed by atoms with E-state index in [2.05, 4.69) is 22.5 Å². The van der Waals surface area contributed by atoms with Crippen LogP contribution in [0.4, 0.5) is 21.5 Å². The second kappa shape index (κ2) is 7.99. The first kappa shape index (κ1) is 17.9. The summed E-state index contributed by atoms with van der Waals surface area (Å²) >= 11 is 0. The number of benzene rings is 2. The maximum absolute atomic E-state index is 13.1. The van der Waals surface area contributed by atoms with Crippen LogP contribution in [0.2, 0.25) is 0 Å². The first-order chi connectivity index (χ1) is 12.5. The number of nitrogens with zero attached hydrogens (tertiary/aromatic N) is 1. The summed E-state index contributed by atoms with van der Waals surface area (Å²) in [4.78, 5) is 26.2. The van der Waals surface area contributed by atoms with E-state index < -0.39 is 17.6 Å². The van der Waals surface area contributed by atoms with Gasteiger partial charge < -0.3 is 15.5 Å². The number of carbonyl (C=O) groups is 2. The van der Waals surface area contributed by atoms with Crippen LogP contribution in [-0.4, -0.2) is 24.9 Å². The highest BCUT2D eigenvalue weighted by molar-refractivity contribution is 6.43. The number of carbonyl (C=O) groups excluding carboxylic acids is 2. The van der Waals surface area contributed by atoms with Crippen LogP contribution in [0.25, 0.3) is 0 Å². The molecule has 0 unspecified atom stereocenters. The number of anilines is 3. The lowest BCUT2D eigenvalue weighted by Gasteiger charge is -2.32. The van der Waals surface area contributed by atoms with Crippen molar-refractivity contribution < 1.29 is 14.0 Å². The molecule has 2 aromatic rings. The average molecular weight is 355 g/mol. The molecule has 0 bridgehead atoms. The van der Waals surface area contributed by atoms with E-state index in [1.54, 1.807) is 12.1 Å². The zero-order valence-corrected chi connectivity index (χ0v) is 14.7. The quantitative estimate of drug-likeness (QED) is 0.827. The summed E-state index contributed by atoms with van der Waals surface area (Å²) < 4.78 is 13.1. The molecule has 2 amide bonds. The Morgan fingerprint density at radius 1 is 0.962 bits per heavy atom. The zero-order chi connectivity index (χ0) is 18.5. The first-order valence-corrected chi connectivity index (χ1v) is 8.74. The maximum Gasteiger partial charge on any atom is 0.314 e. The number of hydrogen-bond acceptors (Lipinski definition) is 3. The van der Waals surface area contributed by atoms with Gasteiger partial charge in [0.2, 0.25) is 0 Å². The predicted molar refractivity (Wildman–Crippen MR) is 101 cm³/mol. The minimum absolute atomic E-state index is 0.236. The van der Waals surface area contributed by atoms with Crippen molar-refractivity contribution in [2.75, 3.05) is 28.6 Å². The molecule has 0 saturated carbocycles. The summed E-state index contributed by atoms with van der Waals surface area (Å²) in [6, 6.07) is 12.8. The van der Waals surface area contributed by atoms with Crippen LogP contribution >= 0.6 is 0 Å². The topological polar surface area (TPSA) is 61.4 Å². The van der Waals surface area contributed by atoms with Gasteiger partial charge in [-0.3, -0.25) is 9.59 Å². The van der Waals surface area contributed by atoms with Gasteiger partial charge in [-0.15, -0.1) is 0 Å². The van der Waals surface area contributed by atoms with Gasteiger partial charge >= 0.3 is 11.8 Å². The van der Waals surface area contributed by atoms with Crippen molar-refractivity contribution in [3.8, 4) is 0 Å². The fraction of sp³-hybridized carbons (Fsp3) is 0.300. The third-order valence-electron chi connectivity index (χ3n) is 4.56. The summed E-state index contributed by atoms with van der Waals surface area (Å²) in [5.41, 5.74) is 1.89. The minimum atomic E-state index is -0.843. The smallest absolute Gasteiger partial charge is 0.314 e. The summed E-state index contributed by atoms with van der Waals surface area (Å²) in [6.45, 7) is 4.33. The second-order valence-corrected chi connectivity index (χ2v) is 6.64. The van der Waals surface area contributed by atoms with Crippen molar-refractivity contribution in [3.63, 3.8) is 0 Å². The fourth-order valence-electron chi connectivity index (χ4n) is 2.96. The van der Waals surface area contributed by atoms with E-state index in [1.165, 1.54) is 31.0 Å². The SMILES string of the molecule is CC1CCN(c2ccc(NC(=O)C(=O)Nc3cccc(F)c3)cc2)CC1. The molecular formula is C20H22FN3O2. The molecule has 136 valence electrons. The van der Waals surface area contributed by atoms with Crippen LogP contribution in [-0.2, 0) is 9.59 Å². The highest BCUT2D eigenvalue weighted by Gasteiger charge is 2.17. The molecule has 2 N–H and O–H groups in total. The Morgan fingerprint density at radius 3 is 2.19 bits per heavy atom. The molecule has 1 fully saturated rings. The first-order valence-electron chi connectivity index (χ1n) is 8.74.